The van der Waals surface area contributed by atoms with Crippen molar-refractivity contribution in [3.8, 4) is 11.6 Å². The number of methoxy groups -OCH3 is 1. The number of rotatable bonds is 3. The van der Waals surface area contributed by atoms with Gasteiger partial charge in [-0.1, -0.05) is 12.1 Å². The van der Waals surface area contributed by atoms with Gasteiger partial charge in [-0.3, -0.25) is 13.9 Å². The van der Waals surface area contributed by atoms with E-state index in [1.165, 1.54) is 14.1 Å². The number of aromatic hydroxyl groups is 1. The first-order chi connectivity index (χ1) is 11.4. The third-order valence-electron chi connectivity index (χ3n) is 4.19. The average molecular weight is 330 g/mol. The van der Waals surface area contributed by atoms with Gasteiger partial charge >= 0.3 is 5.69 Å². The summed E-state index contributed by atoms with van der Waals surface area (Å²) in [6.07, 6.45) is 0.424. The van der Waals surface area contributed by atoms with Gasteiger partial charge in [0.1, 0.15) is 11.3 Å². The maximum Gasteiger partial charge on any atom is 0.333 e. The fourth-order valence-electron chi connectivity index (χ4n) is 2.71. The van der Waals surface area contributed by atoms with Gasteiger partial charge in [0, 0.05) is 20.5 Å². The highest BCUT2D eigenvalue weighted by atomic mass is 16.5. The SMILES string of the molecule is COc1ccc([C@@H]2CC(c3c(O)n(C)c(=O)n(C)c3=O)=NN2)cc1. The van der Waals surface area contributed by atoms with E-state index in [0.29, 0.717) is 12.1 Å². The van der Waals surface area contributed by atoms with Crippen molar-refractivity contribution in [1.29, 1.82) is 0 Å². The number of hydrogen-bond donors (Lipinski definition) is 2. The zero-order valence-corrected chi connectivity index (χ0v) is 13.6. The minimum absolute atomic E-state index is 0.0445. The highest BCUT2D eigenvalue weighted by Crippen LogP contribution is 2.27. The molecule has 0 saturated carbocycles. The lowest BCUT2D eigenvalue weighted by Gasteiger charge is -2.12. The molecular weight excluding hydrogens is 312 g/mol. The molecule has 8 heteroatoms. The summed E-state index contributed by atoms with van der Waals surface area (Å²) < 4.78 is 7.12. The number of aromatic nitrogens is 2. The monoisotopic (exact) mass is 330 g/mol. The van der Waals surface area contributed by atoms with Crippen molar-refractivity contribution in [3.63, 3.8) is 0 Å². The maximum atomic E-state index is 12.3. The molecule has 1 aliphatic rings. The topological polar surface area (TPSA) is 97.9 Å². The van der Waals surface area contributed by atoms with Gasteiger partial charge in [0.15, 0.2) is 0 Å². The summed E-state index contributed by atoms with van der Waals surface area (Å²) in [6, 6.07) is 7.39. The summed E-state index contributed by atoms with van der Waals surface area (Å²) in [7, 11) is 4.38. The lowest BCUT2D eigenvalue weighted by molar-refractivity contribution is 0.410. The fraction of sp³-hybridized carbons (Fsp3) is 0.312. The molecule has 126 valence electrons. The lowest BCUT2D eigenvalue weighted by atomic mass is 10.00. The Morgan fingerprint density at radius 3 is 2.50 bits per heavy atom. The van der Waals surface area contributed by atoms with Crippen molar-refractivity contribution < 1.29 is 9.84 Å². The Bertz CT molecular complexity index is 925. The van der Waals surface area contributed by atoms with Gasteiger partial charge in [0.2, 0.25) is 5.88 Å². The van der Waals surface area contributed by atoms with Crippen LogP contribution in [0.15, 0.2) is 39.0 Å². The standard InChI is InChI=1S/C16H18N4O4/c1-19-14(21)13(15(22)20(2)16(19)23)12-8-11(17-18-12)9-4-6-10(24-3)7-5-9/h4-7,11,17,21H,8H2,1-3H3/t11-/m0/s1. The van der Waals surface area contributed by atoms with Crippen LogP contribution < -0.4 is 21.4 Å². The third kappa shape index (κ3) is 2.45. The molecule has 0 spiro atoms. The van der Waals surface area contributed by atoms with Gasteiger partial charge in [0.25, 0.3) is 5.56 Å². The van der Waals surface area contributed by atoms with Crippen LogP contribution in [-0.2, 0) is 14.1 Å². The van der Waals surface area contributed by atoms with Crippen molar-refractivity contribution >= 4 is 5.71 Å². The Morgan fingerprint density at radius 2 is 1.88 bits per heavy atom. The van der Waals surface area contributed by atoms with Crippen molar-refractivity contribution in [2.75, 3.05) is 7.11 Å². The van der Waals surface area contributed by atoms with E-state index in [4.69, 9.17) is 4.74 Å². The number of nitrogens with one attached hydrogen (secondary N) is 1. The molecule has 0 fully saturated rings. The smallest absolute Gasteiger partial charge is 0.333 e. The van der Waals surface area contributed by atoms with Crippen molar-refractivity contribution in [2.24, 2.45) is 19.2 Å². The van der Waals surface area contributed by atoms with E-state index in [-0.39, 0.29) is 17.5 Å². The van der Waals surface area contributed by atoms with Crippen LogP contribution in [0.5, 0.6) is 11.6 Å². The van der Waals surface area contributed by atoms with Gasteiger partial charge < -0.3 is 15.3 Å². The molecule has 2 heterocycles. The first kappa shape index (κ1) is 15.9. The molecular formula is C16H18N4O4. The second-order valence-corrected chi connectivity index (χ2v) is 5.62. The van der Waals surface area contributed by atoms with Crippen molar-refractivity contribution in [2.45, 2.75) is 12.5 Å². The van der Waals surface area contributed by atoms with Crippen molar-refractivity contribution in [1.82, 2.24) is 14.6 Å². The minimum atomic E-state index is -0.584. The highest BCUT2D eigenvalue weighted by molar-refractivity contribution is 6.03. The molecule has 1 aromatic heterocycles. The molecule has 2 N–H and O–H groups in total. The molecule has 1 atom stereocenters. The molecule has 3 rings (SSSR count). The van der Waals surface area contributed by atoms with Crippen LogP contribution in [0, 0.1) is 0 Å². The molecule has 1 aromatic carbocycles. The van der Waals surface area contributed by atoms with E-state index < -0.39 is 11.2 Å². The first-order valence-electron chi connectivity index (χ1n) is 7.39. The van der Waals surface area contributed by atoms with Gasteiger partial charge in [-0.05, 0) is 17.7 Å². The van der Waals surface area contributed by atoms with E-state index >= 15 is 0 Å². The molecule has 8 nitrogen and oxygen atoms in total. The molecule has 2 aromatic rings. The van der Waals surface area contributed by atoms with Gasteiger partial charge in [0.05, 0.1) is 18.9 Å². The van der Waals surface area contributed by atoms with Gasteiger partial charge in [-0.15, -0.1) is 0 Å². The minimum Gasteiger partial charge on any atom is -0.497 e. The predicted molar refractivity (Wildman–Crippen MR) is 88.6 cm³/mol. The summed E-state index contributed by atoms with van der Waals surface area (Å²) in [5.41, 5.74) is 3.27. The van der Waals surface area contributed by atoms with Crippen LogP contribution in [0.4, 0.5) is 0 Å². The van der Waals surface area contributed by atoms with Crippen LogP contribution in [-0.4, -0.2) is 27.1 Å². The van der Waals surface area contributed by atoms with Crippen LogP contribution in [0.3, 0.4) is 0 Å². The van der Waals surface area contributed by atoms with Crippen LogP contribution in [0.25, 0.3) is 0 Å². The molecule has 0 aliphatic carbocycles. The second kappa shape index (κ2) is 5.88. The van der Waals surface area contributed by atoms with Crippen LogP contribution in [0.2, 0.25) is 0 Å². The van der Waals surface area contributed by atoms with Crippen molar-refractivity contribution in [3.05, 3.63) is 56.2 Å². The average Bonchev–Trinajstić information content (AvgIpc) is 3.08. The third-order valence-corrected chi connectivity index (χ3v) is 4.19. The van der Waals surface area contributed by atoms with E-state index in [1.54, 1.807) is 7.11 Å². The Hall–Kier alpha value is -3.03. The number of benzene rings is 1. The number of nitrogens with zero attached hydrogens (tertiary/aromatic N) is 3. The largest absolute Gasteiger partial charge is 0.497 e. The number of ether oxygens (including phenoxy) is 1. The molecule has 0 saturated heterocycles. The quantitative estimate of drug-likeness (QED) is 0.840. The van der Waals surface area contributed by atoms with Gasteiger partial charge in [-0.2, -0.15) is 5.10 Å². The summed E-state index contributed by atoms with van der Waals surface area (Å²) in [5.74, 6) is 0.376. The summed E-state index contributed by atoms with van der Waals surface area (Å²) in [6.45, 7) is 0. The Labute approximate surface area is 137 Å². The summed E-state index contributed by atoms with van der Waals surface area (Å²) in [4.78, 5) is 24.2. The van der Waals surface area contributed by atoms with E-state index in [1.807, 2.05) is 24.3 Å². The Kier molecular flexibility index (Phi) is 3.88. The molecule has 0 radical (unpaired) electrons. The summed E-state index contributed by atoms with van der Waals surface area (Å²) in [5, 5.41) is 14.4. The zero-order valence-electron chi connectivity index (χ0n) is 13.6. The molecule has 1 aliphatic heterocycles. The number of hydrazone groups is 1. The van der Waals surface area contributed by atoms with Crippen LogP contribution in [0.1, 0.15) is 23.6 Å². The normalized spacial score (nSPS) is 16.6. The van der Waals surface area contributed by atoms with E-state index in [2.05, 4.69) is 10.5 Å². The van der Waals surface area contributed by atoms with E-state index in [9.17, 15) is 14.7 Å². The van der Waals surface area contributed by atoms with Crippen LogP contribution >= 0.6 is 0 Å². The molecule has 0 unspecified atom stereocenters. The second-order valence-electron chi connectivity index (χ2n) is 5.62. The number of hydrogen-bond acceptors (Lipinski definition) is 6. The molecule has 0 bridgehead atoms. The van der Waals surface area contributed by atoms with E-state index in [0.717, 1.165) is 20.4 Å². The zero-order chi connectivity index (χ0) is 17.4. The van der Waals surface area contributed by atoms with Gasteiger partial charge in [-0.25, -0.2) is 4.79 Å². The lowest BCUT2D eigenvalue weighted by Crippen LogP contribution is -2.39. The maximum absolute atomic E-state index is 12.3. The highest BCUT2D eigenvalue weighted by Gasteiger charge is 2.27. The summed E-state index contributed by atoms with van der Waals surface area (Å²) >= 11 is 0. The Morgan fingerprint density at radius 1 is 1.21 bits per heavy atom. The predicted octanol–water partition coefficient (Wildman–Crippen LogP) is 0.237. The first-order valence-corrected chi connectivity index (χ1v) is 7.39. The molecule has 0 amide bonds. The fourth-order valence-corrected chi connectivity index (χ4v) is 2.71. The molecule has 24 heavy (non-hydrogen) atoms. The Balaban J connectivity index is 1.94.